The van der Waals surface area contributed by atoms with Gasteiger partial charge in [0.1, 0.15) is 19.8 Å². The van der Waals surface area contributed by atoms with Crippen LogP contribution < -0.4 is 4.89 Å². The van der Waals surface area contributed by atoms with E-state index >= 15 is 0 Å². The van der Waals surface area contributed by atoms with Gasteiger partial charge in [-0.2, -0.15) is 0 Å². The zero-order valence-corrected chi connectivity index (χ0v) is 33.7. The number of phosphoric acid groups is 1. The SMILES string of the molecule is CC/C=C/C/C=C/C/C=C/C/C=C/CCCCC(=O)OC[C@H](COP(=O)([O-])OCC[N+](C)(C)C)OC(=O)CCCCCCC/C=C/CCCCC. The smallest absolute Gasteiger partial charge is 0.306 e. The molecule has 0 rings (SSSR count). The number of carbonyl (C=O) groups excluding carboxylic acids is 2. The predicted molar refractivity (Wildman–Crippen MR) is 208 cm³/mol. The summed E-state index contributed by atoms with van der Waals surface area (Å²) in [6.07, 6.45) is 38.2. The lowest BCUT2D eigenvalue weighted by Gasteiger charge is -2.28. The fourth-order valence-corrected chi connectivity index (χ4v) is 5.42. The maximum absolute atomic E-state index is 12.6. The number of hydrogen-bond donors (Lipinski definition) is 0. The minimum absolute atomic E-state index is 0.0418. The highest BCUT2D eigenvalue weighted by Gasteiger charge is 2.21. The van der Waals surface area contributed by atoms with Crippen molar-refractivity contribution in [1.82, 2.24) is 0 Å². The summed E-state index contributed by atoms with van der Waals surface area (Å²) < 4.78 is 33.7. The first kappa shape index (κ1) is 48.7. The Balaban J connectivity index is 4.53. The molecule has 0 aromatic heterocycles. The highest BCUT2D eigenvalue weighted by molar-refractivity contribution is 7.45. The van der Waals surface area contributed by atoms with Gasteiger partial charge < -0.3 is 27.9 Å². The van der Waals surface area contributed by atoms with E-state index in [-0.39, 0.29) is 26.1 Å². The lowest BCUT2D eigenvalue weighted by atomic mass is 10.1. The van der Waals surface area contributed by atoms with Gasteiger partial charge in [0.05, 0.1) is 27.7 Å². The molecular weight excluding hydrogens is 665 g/mol. The molecule has 51 heavy (non-hydrogen) atoms. The molecule has 0 saturated carbocycles. The van der Waals surface area contributed by atoms with Crippen molar-refractivity contribution in [3.05, 3.63) is 60.8 Å². The maximum atomic E-state index is 12.6. The van der Waals surface area contributed by atoms with Gasteiger partial charge in [0.2, 0.25) is 0 Å². The van der Waals surface area contributed by atoms with Crippen LogP contribution in [0.15, 0.2) is 60.8 Å². The number of esters is 2. The molecule has 10 heteroatoms. The largest absolute Gasteiger partial charge is 0.756 e. The van der Waals surface area contributed by atoms with E-state index in [9.17, 15) is 19.0 Å². The summed E-state index contributed by atoms with van der Waals surface area (Å²) in [5.41, 5.74) is 0. The van der Waals surface area contributed by atoms with Gasteiger partial charge in [0.15, 0.2) is 6.10 Å². The van der Waals surface area contributed by atoms with Gasteiger partial charge in [0, 0.05) is 12.8 Å². The molecule has 0 aliphatic carbocycles. The lowest BCUT2D eigenvalue weighted by Crippen LogP contribution is -2.37. The van der Waals surface area contributed by atoms with Crippen LogP contribution in [0.5, 0.6) is 0 Å². The number of allylic oxidation sites excluding steroid dienone is 10. The van der Waals surface area contributed by atoms with Gasteiger partial charge in [-0.05, 0) is 77.0 Å². The van der Waals surface area contributed by atoms with E-state index in [2.05, 4.69) is 74.6 Å². The molecule has 0 aromatic rings. The fraction of sp³-hybridized carbons (Fsp3) is 0.707. The summed E-state index contributed by atoms with van der Waals surface area (Å²) in [7, 11) is 1.12. The van der Waals surface area contributed by atoms with Gasteiger partial charge >= 0.3 is 11.9 Å². The van der Waals surface area contributed by atoms with Crippen LogP contribution in [0.3, 0.4) is 0 Å². The first-order valence-corrected chi connectivity index (χ1v) is 21.0. The Bertz CT molecular complexity index is 1060. The van der Waals surface area contributed by atoms with Gasteiger partial charge in [-0.1, -0.05) is 107 Å². The van der Waals surface area contributed by atoms with Crippen molar-refractivity contribution in [2.75, 3.05) is 47.5 Å². The fourth-order valence-electron chi connectivity index (χ4n) is 4.70. The zero-order chi connectivity index (χ0) is 37.9. The second-order valence-corrected chi connectivity index (χ2v) is 15.3. The van der Waals surface area contributed by atoms with E-state index in [1.165, 1.54) is 19.3 Å². The number of hydrogen-bond acceptors (Lipinski definition) is 8. The summed E-state index contributed by atoms with van der Waals surface area (Å²) >= 11 is 0. The number of ether oxygens (including phenoxy) is 2. The Morgan fingerprint density at radius 2 is 1.12 bits per heavy atom. The number of rotatable bonds is 34. The van der Waals surface area contributed by atoms with E-state index in [0.717, 1.165) is 77.0 Å². The predicted octanol–water partition coefficient (Wildman–Crippen LogP) is 9.88. The van der Waals surface area contributed by atoms with Crippen LogP contribution in [0, 0.1) is 0 Å². The van der Waals surface area contributed by atoms with Crippen LogP contribution in [0.25, 0.3) is 0 Å². The summed E-state index contributed by atoms with van der Waals surface area (Å²) in [5, 5.41) is 0. The molecular formula is C41H72NO8P. The standard InChI is InChI=1S/C41H72NO8P/c1-6-8-10-12-14-16-18-20-21-22-24-25-27-29-31-33-40(43)47-37-39(38-49-51(45,46)48-36-35-42(3,4)5)50-41(44)34-32-30-28-26-23-19-17-15-13-11-9-7-2/h8,10,14-17,20-21,24-25,39H,6-7,9,11-13,18-19,22-23,26-38H2,1-5H3/b10-8+,16-14+,17-15+,21-20+,25-24+/t39-/m1/s1. The van der Waals surface area contributed by atoms with Crippen molar-refractivity contribution in [3.63, 3.8) is 0 Å². The number of unbranched alkanes of at least 4 members (excludes halogenated alkanes) is 10. The molecule has 0 saturated heterocycles. The average molecular weight is 738 g/mol. The molecule has 1 unspecified atom stereocenters. The second-order valence-electron chi connectivity index (χ2n) is 13.9. The van der Waals surface area contributed by atoms with E-state index in [4.69, 9.17) is 18.5 Å². The molecule has 0 heterocycles. The lowest BCUT2D eigenvalue weighted by molar-refractivity contribution is -0.870. The van der Waals surface area contributed by atoms with Crippen LogP contribution in [0.2, 0.25) is 0 Å². The van der Waals surface area contributed by atoms with Crippen LogP contribution in [-0.2, 0) is 32.7 Å². The Labute approximate surface area is 311 Å². The highest BCUT2D eigenvalue weighted by atomic mass is 31.2. The molecule has 0 bridgehead atoms. The third kappa shape index (κ3) is 37.3. The van der Waals surface area contributed by atoms with E-state index in [0.29, 0.717) is 23.9 Å². The van der Waals surface area contributed by atoms with Crippen LogP contribution in [0.4, 0.5) is 0 Å². The molecule has 0 aromatic carbocycles. The number of carbonyl (C=O) groups is 2. The molecule has 9 nitrogen and oxygen atoms in total. The Morgan fingerprint density at radius 3 is 1.73 bits per heavy atom. The molecule has 0 fully saturated rings. The Hall–Kier alpha value is -2.29. The summed E-state index contributed by atoms with van der Waals surface area (Å²) in [4.78, 5) is 37.3. The van der Waals surface area contributed by atoms with E-state index in [1.807, 2.05) is 21.1 Å². The van der Waals surface area contributed by atoms with E-state index < -0.39 is 32.5 Å². The molecule has 0 N–H and O–H groups in total. The van der Waals surface area contributed by atoms with Gasteiger partial charge in [-0.3, -0.25) is 14.2 Å². The van der Waals surface area contributed by atoms with Crippen molar-refractivity contribution in [2.45, 2.75) is 142 Å². The molecule has 0 aliphatic rings. The Kier molecular flexibility index (Phi) is 32.0. The van der Waals surface area contributed by atoms with Crippen molar-refractivity contribution in [2.24, 2.45) is 0 Å². The topological polar surface area (TPSA) is 111 Å². The van der Waals surface area contributed by atoms with Gasteiger partial charge in [-0.15, -0.1) is 0 Å². The van der Waals surface area contributed by atoms with Crippen molar-refractivity contribution in [3.8, 4) is 0 Å². The van der Waals surface area contributed by atoms with Gasteiger partial charge in [-0.25, -0.2) is 0 Å². The zero-order valence-electron chi connectivity index (χ0n) is 32.8. The molecule has 0 aliphatic heterocycles. The maximum Gasteiger partial charge on any atom is 0.306 e. The third-order valence-corrected chi connectivity index (χ3v) is 8.74. The number of phosphoric ester groups is 1. The third-order valence-electron chi connectivity index (χ3n) is 7.77. The van der Waals surface area contributed by atoms with Crippen molar-refractivity contribution in [1.29, 1.82) is 0 Å². The molecule has 294 valence electrons. The molecule has 2 atom stereocenters. The first-order valence-electron chi connectivity index (χ1n) is 19.5. The van der Waals surface area contributed by atoms with Gasteiger partial charge in [0.25, 0.3) is 7.82 Å². The highest BCUT2D eigenvalue weighted by Crippen LogP contribution is 2.38. The average Bonchev–Trinajstić information content (AvgIpc) is 3.07. The second kappa shape index (κ2) is 33.5. The van der Waals surface area contributed by atoms with Crippen molar-refractivity contribution < 1.29 is 42.1 Å². The summed E-state index contributed by atoms with van der Waals surface area (Å²) in [5.74, 6) is -0.902. The van der Waals surface area contributed by atoms with Crippen LogP contribution >= 0.6 is 7.82 Å². The summed E-state index contributed by atoms with van der Waals surface area (Å²) in [6, 6.07) is 0. The van der Waals surface area contributed by atoms with Crippen LogP contribution in [0.1, 0.15) is 136 Å². The Morgan fingerprint density at radius 1 is 0.627 bits per heavy atom. The summed E-state index contributed by atoms with van der Waals surface area (Å²) in [6.45, 7) is 3.99. The first-order chi connectivity index (χ1) is 24.5. The molecule has 0 amide bonds. The number of quaternary nitrogens is 1. The molecule has 0 spiro atoms. The minimum atomic E-state index is -4.63. The number of likely N-dealkylation sites (N-methyl/N-ethyl adjacent to an activating group) is 1. The minimum Gasteiger partial charge on any atom is -0.756 e. The number of nitrogens with zero attached hydrogens (tertiary/aromatic N) is 1. The van der Waals surface area contributed by atoms with Crippen LogP contribution in [-0.4, -0.2) is 70.0 Å². The molecule has 0 radical (unpaired) electrons. The quantitative estimate of drug-likeness (QED) is 0.0211. The van der Waals surface area contributed by atoms with E-state index in [1.54, 1.807) is 0 Å². The monoisotopic (exact) mass is 737 g/mol. The van der Waals surface area contributed by atoms with Crippen molar-refractivity contribution >= 4 is 19.8 Å². The normalized spacial score (nSPS) is 14.4.